The number of hydrazone groups is 1. The number of aryl methyl sites for hydroxylation is 1. The maximum atomic E-state index is 11.0. The molecule has 11 nitrogen and oxygen atoms in total. The fourth-order valence-corrected chi connectivity index (χ4v) is 2.18. The normalized spacial score (nSPS) is 16.5. The molecule has 1 heterocycles. The molecule has 1 aliphatic carbocycles. The summed E-state index contributed by atoms with van der Waals surface area (Å²) < 4.78 is 4.71. The Morgan fingerprint density at radius 3 is 3.00 bits per heavy atom. The summed E-state index contributed by atoms with van der Waals surface area (Å²) in [5, 5.41) is 26.4. The van der Waals surface area contributed by atoms with Crippen molar-refractivity contribution in [3.05, 3.63) is 45.8 Å². The van der Waals surface area contributed by atoms with E-state index in [1.165, 1.54) is 25.1 Å². The second-order valence-corrected chi connectivity index (χ2v) is 5.06. The average Bonchev–Trinajstić information content (AvgIpc) is 3.07. The van der Waals surface area contributed by atoms with Gasteiger partial charge in [0.15, 0.2) is 5.69 Å². The van der Waals surface area contributed by atoms with Crippen LogP contribution >= 0.6 is 0 Å². The Kier molecular flexibility index (Phi) is 4.46. The van der Waals surface area contributed by atoms with Gasteiger partial charge < -0.3 is 4.84 Å². The lowest BCUT2D eigenvalue weighted by atomic mass is 9.97. The highest BCUT2D eigenvalue weighted by atomic mass is 16.7. The molecule has 0 saturated heterocycles. The van der Waals surface area contributed by atoms with Crippen LogP contribution < -0.4 is 5.43 Å². The summed E-state index contributed by atoms with van der Waals surface area (Å²) in [7, 11) is 0. The van der Waals surface area contributed by atoms with E-state index < -0.39 is 10.9 Å². The standard InChI is InChI=1S/C14H12N6O5/c1-8(21)24-17-11-5-6-12-14(19-25-18-12)13(11)16-15-9-3-2-4-10(7-9)20(22)23/h2-4,7,15H,5-6H2,1H3/b16-13+,17-11-. The molecule has 0 atom stereocenters. The zero-order valence-electron chi connectivity index (χ0n) is 13.0. The molecule has 0 amide bonds. The number of rotatable bonds is 4. The Balaban J connectivity index is 1.92. The summed E-state index contributed by atoms with van der Waals surface area (Å²) in [4.78, 5) is 26.0. The lowest BCUT2D eigenvalue weighted by Crippen LogP contribution is -2.25. The van der Waals surface area contributed by atoms with Gasteiger partial charge in [-0.3, -0.25) is 15.5 Å². The van der Waals surface area contributed by atoms with Crippen molar-refractivity contribution in [3.63, 3.8) is 0 Å². The molecule has 0 radical (unpaired) electrons. The van der Waals surface area contributed by atoms with Gasteiger partial charge in [-0.15, -0.1) is 0 Å². The second-order valence-electron chi connectivity index (χ2n) is 5.06. The number of non-ortho nitro benzene ring substituents is 1. The molecule has 1 aromatic carbocycles. The summed E-state index contributed by atoms with van der Waals surface area (Å²) in [6.45, 7) is 1.23. The Hall–Kier alpha value is -3.63. The van der Waals surface area contributed by atoms with E-state index in [0.717, 1.165) is 0 Å². The van der Waals surface area contributed by atoms with Gasteiger partial charge in [-0.25, -0.2) is 9.42 Å². The fraction of sp³-hybridized carbons (Fsp3) is 0.214. The van der Waals surface area contributed by atoms with Gasteiger partial charge >= 0.3 is 5.97 Å². The number of nitro benzene ring substituents is 1. The van der Waals surface area contributed by atoms with E-state index in [9.17, 15) is 14.9 Å². The highest BCUT2D eigenvalue weighted by Gasteiger charge is 2.28. The van der Waals surface area contributed by atoms with Crippen molar-refractivity contribution in [3.8, 4) is 0 Å². The number of oxime groups is 1. The van der Waals surface area contributed by atoms with E-state index in [4.69, 9.17) is 4.63 Å². The van der Waals surface area contributed by atoms with Crippen LogP contribution in [0.1, 0.15) is 24.7 Å². The van der Waals surface area contributed by atoms with Crippen molar-refractivity contribution in [2.45, 2.75) is 19.8 Å². The van der Waals surface area contributed by atoms with Crippen molar-refractivity contribution in [2.24, 2.45) is 10.3 Å². The maximum Gasteiger partial charge on any atom is 0.331 e. The molecule has 1 aromatic heterocycles. The summed E-state index contributed by atoms with van der Waals surface area (Å²) >= 11 is 0. The van der Waals surface area contributed by atoms with E-state index in [1.807, 2.05) is 0 Å². The molecule has 11 heteroatoms. The first-order valence-corrected chi connectivity index (χ1v) is 7.19. The highest BCUT2D eigenvalue weighted by molar-refractivity contribution is 6.48. The molecule has 0 fully saturated rings. The zero-order valence-corrected chi connectivity index (χ0v) is 13.0. The molecule has 0 bridgehead atoms. The van der Waals surface area contributed by atoms with Crippen LogP contribution in [0.2, 0.25) is 0 Å². The number of nitrogens with one attached hydrogen (secondary N) is 1. The Labute approximate surface area is 140 Å². The summed E-state index contributed by atoms with van der Waals surface area (Å²) in [6.07, 6.45) is 0.929. The first-order chi connectivity index (χ1) is 12.0. The summed E-state index contributed by atoms with van der Waals surface area (Å²) in [5.41, 5.74) is 4.68. The number of carbonyl (C=O) groups excluding carboxylic acids is 1. The van der Waals surface area contributed by atoms with Crippen LogP contribution in [0, 0.1) is 10.1 Å². The highest BCUT2D eigenvalue weighted by Crippen LogP contribution is 2.20. The van der Waals surface area contributed by atoms with E-state index in [-0.39, 0.29) is 11.4 Å². The van der Waals surface area contributed by atoms with Crippen LogP contribution in [-0.2, 0) is 16.1 Å². The number of hydrogen-bond acceptors (Lipinski definition) is 10. The van der Waals surface area contributed by atoms with E-state index in [0.29, 0.717) is 35.6 Å². The van der Waals surface area contributed by atoms with Crippen LogP contribution in [0.5, 0.6) is 0 Å². The first-order valence-electron chi connectivity index (χ1n) is 7.19. The number of nitrogens with zero attached hydrogens (tertiary/aromatic N) is 5. The van der Waals surface area contributed by atoms with Crippen LogP contribution in [-0.4, -0.2) is 32.6 Å². The summed E-state index contributed by atoms with van der Waals surface area (Å²) in [6, 6.07) is 5.84. The van der Waals surface area contributed by atoms with Crippen LogP contribution in [0.3, 0.4) is 0 Å². The SMILES string of the molecule is CC(=O)O/N=C1/CCc2nonc2/C1=N/Nc1cccc([N+](=O)[O-])c1. The smallest absolute Gasteiger partial charge is 0.318 e. The van der Waals surface area contributed by atoms with Crippen molar-refractivity contribution < 1.29 is 19.2 Å². The number of hydrogen-bond donors (Lipinski definition) is 1. The molecular weight excluding hydrogens is 332 g/mol. The lowest BCUT2D eigenvalue weighted by Gasteiger charge is -2.12. The molecular formula is C14H12N6O5. The topological polar surface area (TPSA) is 145 Å². The number of aromatic nitrogens is 2. The Morgan fingerprint density at radius 2 is 2.24 bits per heavy atom. The fourth-order valence-electron chi connectivity index (χ4n) is 2.18. The molecule has 25 heavy (non-hydrogen) atoms. The molecule has 0 unspecified atom stereocenters. The van der Waals surface area contributed by atoms with Gasteiger partial charge in [0.2, 0.25) is 0 Å². The van der Waals surface area contributed by atoms with Crippen molar-refractivity contribution in [1.82, 2.24) is 10.3 Å². The molecule has 1 N–H and O–H groups in total. The van der Waals surface area contributed by atoms with Gasteiger partial charge in [0.25, 0.3) is 5.69 Å². The van der Waals surface area contributed by atoms with Crippen molar-refractivity contribution in [2.75, 3.05) is 5.43 Å². The minimum Gasteiger partial charge on any atom is -0.318 e. The molecule has 1 aliphatic rings. The number of nitro groups is 1. The predicted molar refractivity (Wildman–Crippen MR) is 85.1 cm³/mol. The molecule has 3 rings (SSSR count). The van der Waals surface area contributed by atoms with Gasteiger partial charge in [0.05, 0.1) is 10.6 Å². The zero-order chi connectivity index (χ0) is 17.8. The van der Waals surface area contributed by atoms with Crippen LogP contribution in [0.4, 0.5) is 11.4 Å². The number of carbonyl (C=O) groups is 1. The molecule has 0 spiro atoms. The van der Waals surface area contributed by atoms with Gasteiger partial charge in [-0.05, 0) is 11.2 Å². The third-order valence-electron chi connectivity index (χ3n) is 3.29. The Bertz CT molecular complexity index is 887. The largest absolute Gasteiger partial charge is 0.331 e. The van der Waals surface area contributed by atoms with Gasteiger partial charge in [0.1, 0.15) is 17.1 Å². The van der Waals surface area contributed by atoms with Crippen molar-refractivity contribution >= 4 is 28.8 Å². The quantitative estimate of drug-likeness (QED) is 0.500. The number of anilines is 1. The number of benzene rings is 1. The second kappa shape index (κ2) is 6.86. The van der Waals surface area contributed by atoms with Crippen molar-refractivity contribution in [1.29, 1.82) is 0 Å². The molecule has 128 valence electrons. The minimum atomic E-state index is -0.567. The molecule has 0 aliphatic heterocycles. The monoisotopic (exact) mass is 344 g/mol. The van der Waals surface area contributed by atoms with Gasteiger partial charge in [-0.2, -0.15) is 5.10 Å². The summed E-state index contributed by atoms with van der Waals surface area (Å²) in [5.74, 6) is -0.567. The molecule has 0 saturated carbocycles. The van der Waals surface area contributed by atoms with E-state index in [1.54, 1.807) is 6.07 Å². The number of fused-ring (bicyclic) bond motifs is 1. The van der Waals surface area contributed by atoms with Crippen LogP contribution in [0.15, 0.2) is 39.2 Å². The first kappa shape index (κ1) is 16.2. The third-order valence-corrected chi connectivity index (χ3v) is 3.29. The van der Waals surface area contributed by atoms with Crippen LogP contribution in [0.25, 0.3) is 0 Å². The maximum absolute atomic E-state index is 11.0. The third kappa shape index (κ3) is 3.65. The van der Waals surface area contributed by atoms with Gasteiger partial charge in [0, 0.05) is 31.9 Å². The average molecular weight is 344 g/mol. The minimum absolute atomic E-state index is 0.0774. The van der Waals surface area contributed by atoms with E-state index >= 15 is 0 Å². The van der Waals surface area contributed by atoms with E-state index in [2.05, 4.69) is 30.8 Å². The lowest BCUT2D eigenvalue weighted by molar-refractivity contribution is -0.384. The van der Waals surface area contributed by atoms with Gasteiger partial charge in [-0.1, -0.05) is 16.4 Å². The Morgan fingerprint density at radius 1 is 1.40 bits per heavy atom. The molecule has 2 aromatic rings. The predicted octanol–water partition coefficient (Wildman–Crippen LogP) is 1.66.